The van der Waals surface area contributed by atoms with Crippen LogP contribution in [-0.4, -0.2) is 20.6 Å². The molecule has 0 fully saturated rings. The Kier molecular flexibility index (Phi) is 5.27. The van der Waals surface area contributed by atoms with Crippen LogP contribution in [0.25, 0.3) is 16.6 Å². The van der Waals surface area contributed by atoms with Gasteiger partial charge in [-0.05, 0) is 43.3 Å². The highest BCUT2D eigenvalue weighted by molar-refractivity contribution is 8.00. The fourth-order valence-electron chi connectivity index (χ4n) is 3.06. The molecule has 144 valence electrons. The summed E-state index contributed by atoms with van der Waals surface area (Å²) in [6, 6.07) is 21.7. The first-order valence-corrected chi connectivity index (χ1v) is 9.96. The van der Waals surface area contributed by atoms with Crippen molar-refractivity contribution in [3.8, 4) is 5.69 Å². The van der Waals surface area contributed by atoms with Crippen LogP contribution in [0.3, 0.4) is 0 Å². The van der Waals surface area contributed by atoms with Gasteiger partial charge in [0.15, 0.2) is 10.9 Å². The molecule has 4 rings (SSSR count). The van der Waals surface area contributed by atoms with Crippen molar-refractivity contribution in [1.82, 2.24) is 9.55 Å². The quantitative estimate of drug-likeness (QED) is 0.270. The van der Waals surface area contributed by atoms with Crippen LogP contribution in [-0.2, 0) is 0 Å². The molecule has 0 spiro atoms. The van der Waals surface area contributed by atoms with E-state index < -0.39 is 11.1 Å². The number of hydrogen-bond acceptors (Lipinski definition) is 4. The number of carbonyl (C=O) groups is 1. The first kappa shape index (κ1) is 19.1. The Balaban J connectivity index is 1.82. The number of Topliss-reactive ketones (excluding diaryl/α,β-unsaturated/α-hetero) is 1. The first-order valence-electron chi connectivity index (χ1n) is 9.08. The van der Waals surface area contributed by atoms with E-state index in [4.69, 9.17) is 0 Å². The number of carbonyl (C=O) groups excluding carboxylic acids is 1. The largest absolute Gasteiger partial charge is 0.293 e. The van der Waals surface area contributed by atoms with Crippen molar-refractivity contribution in [3.05, 3.63) is 101 Å². The van der Waals surface area contributed by atoms with Crippen molar-refractivity contribution in [3.63, 3.8) is 0 Å². The fraction of sp³-hybridized carbons (Fsp3) is 0.0870. The maximum Gasteiger partial charge on any atom is 0.266 e. The molecule has 1 aromatic heterocycles. The normalized spacial score (nSPS) is 12.1. The van der Waals surface area contributed by atoms with Gasteiger partial charge < -0.3 is 0 Å². The second kappa shape index (κ2) is 8.01. The number of halogens is 1. The van der Waals surface area contributed by atoms with E-state index in [1.807, 2.05) is 24.3 Å². The molecule has 0 radical (unpaired) electrons. The van der Waals surface area contributed by atoms with E-state index in [-0.39, 0.29) is 11.3 Å². The fourth-order valence-corrected chi connectivity index (χ4v) is 4.06. The summed E-state index contributed by atoms with van der Waals surface area (Å²) in [5.41, 5.74) is 1.39. The Bertz CT molecular complexity index is 1240. The number of para-hydroxylation sites is 1. The van der Waals surface area contributed by atoms with Crippen molar-refractivity contribution >= 4 is 28.4 Å². The second-order valence-corrected chi connectivity index (χ2v) is 7.83. The number of rotatable bonds is 5. The molecule has 4 aromatic rings. The number of benzene rings is 3. The predicted octanol–water partition coefficient (Wildman–Crippen LogP) is 4.89. The highest BCUT2D eigenvalue weighted by atomic mass is 32.2. The van der Waals surface area contributed by atoms with Crippen LogP contribution in [0.5, 0.6) is 0 Å². The molecular formula is C23H17FN2O2S. The van der Waals surface area contributed by atoms with Crippen LogP contribution in [0.2, 0.25) is 0 Å². The molecule has 0 aliphatic carbocycles. The maximum atomic E-state index is 13.4. The molecule has 0 amide bonds. The average molecular weight is 404 g/mol. The van der Waals surface area contributed by atoms with E-state index >= 15 is 0 Å². The van der Waals surface area contributed by atoms with Gasteiger partial charge in [-0.25, -0.2) is 9.37 Å². The first-order chi connectivity index (χ1) is 14.0. The van der Waals surface area contributed by atoms with Gasteiger partial charge in [0.25, 0.3) is 5.56 Å². The molecule has 0 N–H and O–H groups in total. The second-order valence-electron chi connectivity index (χ2n) is 6.52. The van der Waals surface area contributed by atoms with Crippen molar-refractivity contribution in [2.45, 2.75) is 17.3 Å². The summed E-state index contributed by atoms with van der Waals surface area (Å²) in [6.45, 7) is 1.79. The van der Waals surface area contributed by atoms with E-state index in [1.165, 1.54) is 40.6 Å². The average Bonchev–Trinajstić information content (AvgIpc) is 2.75. The summed E-state index contributed by atoms with van der Waals surface area (Å²) in [5.74, 6) is -0.443. The highest BCUT2D eigenvalue weighted by Gasteiger charge is 2.21. The Morgan fingerprint density at radius 2 is 1.62 bits per heavy atom. The van der Waals surface area contributed by atoms with Gasteiger partial charge in [0.2, 0.25) is 0 Å². The molecule has 0 aliphatic rings. The summed E-state index contributed by atoms with van der Waals surface area (Å²) < 4.78 is 14.8. The van der Waals surface area contributed by atoms with E-state index in [1.54, 1.807) is 37.3 Å². The summed E-state index contributed by atoms with van der Waals surface area (Å²) in [6.07, 6.45) is 0. The number of aromatic nitrogens is 2. The van der Waals surface area contributed by atoms with Crippen molar-refractivity contribution in [2.24, 2.45) is 0 Å². The molecule has 6 heteroatoms. The van der Waals surface area contributed by atoms with Crippen LogP contribution in [0.15, 0.2) is 88.8 Å². The van der Waals surface area contributed by atoms with Gasteiger partial charge in [-0.15, -0.1) is 0 Å². The Morgan fingerprint density at radius 3 is 2.34 bits per heavy atom. The van der Waals surface area contributed by atoms with Gasteiger partial charge >= 0.3 is 0 Å². The molecule has 1 atom stereocenters. The topological polar surface area (TPSA) is 52.0 Å². The molecule has 0 bridgehead atoms. The summed E-state index contributed by atoms with van der Waals surface area (Å²) >= 11 is 1.21. The molecular weight excluding hydrogens is 387 g/mol. The Morgan fingerprint density at radius 1 is 0.966 bits per heavy atom. The lowest BCUT2D eigenvalue weighted by Gasteiger charge is -2.16. The molecule has 0 saturated carbocycles. The number of ketones is 1. The zero-order valence-corrected chi connectivity index (χ0v) is 16.4. The maximum absolute atomic E-state index is 13.4. The molecule has 4 nitrogen and oxygen atoms in total. The van der Waals surface area contributed by atoms with Crippen LogP contribution in [0, 0.1) is 5.82 Å². The third kappa shape index (κ3) is 3.84. The zero-order chi connectivity index (χ0) is 20.4. The number of hydrogen-bond donors (Lipinski definition) is 0. The number of nitrogens with zero attached hydrogens (tertiary/aromatic N) is 2. The highest BCUT2D eigenvalue weighted by Crippen LogP contribution is 2.27. The summed E-state index contributed by atoms with van der Waals surface area (Å²) in [7, 11) is 0. The SMILES string of the molecule is CC(Sc1nc2ccccc2c(=O)n1-c1ccc(F)cc1)C(=O)c1ccccc1. The van der Waals surface area contributed by atoms with E-state index in [2.05, 4.69) is 4.98 Å². The van der Waals surface area contributed by atoms with E-state index in [0.717, 1.165) is 0 Å². The van der Waals surface area contributed by atoms with Crippen LogP contribution < -0.4 is 5.56 Å². The smallest absolute Gasteiger partial charge is 0.266 e. The molecule has 29 heavy (non-hydrogen) atoms. The molecule has 3 aromatic carbocycles. The number of thioether (sulfide) groups is 1. The number of fused-ring (bicyclic) bond motifs is 1. The van der Waals surface area contributed by atoms with Gasteiger partial charge in [-0.3, -0.25) is 14.2 Å². The molecule has 0 aliphatic heterocycles. The van der Waals surface area contributed by atoms with E-state index in [0.29, 0.717) is 27.3 Å². The summed E-state index contributed by atoms with van der Waals surface area (Å²) in [5, 5.41) is 0.387. The predicted molar refractivity (Wildman–Crippen MR) is 113 cm³/mol. The molecule has 1 unspecified atom stereocenters. The lowest BCUT2D eigenvalue weighted by molar-refractivity contribution is 0.0994. The minimum absolute atomic E-state index is 0.0522. The zero-order valence-electron chi connectivity index (χ0n) is 15.6. The van der Waals surface area contributed by atoms with Crippen molar-refractivity contribution < 1.29 is 9.18 Å². The lowest BCUT2D eigenvalue weighted by atomic mass is 10.1. The third-order valence-corrected chi connectivity index (χ3v) is 5.59. The van der Waals surface area contributed by atoms with Crippen LogP contribution in [0.1, 0.15) is 17.3 Å². The van der Waals surface area contributed by atoms with Gasteiger partial charge in [0.05, 0.1) is 21.8 Å². The van der Waals surface area contributed by atoms with Crippen molar-refractivity contribution in [2.75, 3.05) is 0 Å². The van der Waals surface area contributed by atoms with Crippen LogP contribution >= 0.6 is 11.8 Å². The van der Waals surface area contributed by atoms with Crippen molar-refractivity contribution in [1.29, 1.82) is 0 Å². The third-order valence-electron chi connectivity index (χ3n) is 4.54. The Labute approximate surface area is 171 Å². The van der Waals surface area contributed by atoms with Gasteiger partial charge in [0, 0.05) is 5.56 Å². The molecule has 0 saturated heterocycles. The lowest BCUT2D eigenvalue weighted by Crippen LogP contribution is -2.23. The molecule has 1 heterocycles. The summed E-state index contributed by atoms with van der Waals surface area (Å²) in [4.78, 5) is 30.6. The van der Waals surface area contributed by atoms with Gasteiger partial charge in [-0.2, -0.15) is 0 Å². The Hall–Kier alpha value is -3.25. The van der Waals surface area contributed by atoms with Gasteiger partial charge in [0.1, 0.15) is 5.82 Å². The van der Waals surface area contributed by atoms with E-state index in [9.17, 15) is 14.0 Å². The minimum atomic E-state index is -0.461. The van der Waals surface area contributed by atoms with Gasteiger partial charge in [-0.1, -0.05) is 54.2 Å². The standard InChI is InChI=1S/C23H17FN2O2S/c1-15(21(27)16-7-3-2-4-8-16)29-23-25-20-10-6-5-9-19(20)22(28)26(23)18-13-11-17(24)12-14-18/h2-15H,1H3. The minimum Gasteiger partial charge on any atom is -0.293 e. The monoisotopic (exact) mass is 404 g/mol. The van der Waals surface area contributed by atoms with Crippen LogP contribution in [0.4, 0.5) is 4.39 Å².